The average molecular weight is 325 g/mol. The van der Waals surface area contributed by atoms with Gasteiger partial charge in [0.1, 0.15) is 5.82 Å². The van der Waals surface area contributed by atoms with Gasteiger partial charge in [-0.3, -0.25) is 0 Å². The summed E-state index contributed by atoms with van der Waals surface area (Å²) in [5, 5.41) is 0. The Morgan fingerprint density at radius 3 is 2.50 bits per heavy atom. The van der Waals surface area contributed by atoms with Gasteiger partial charge in [-0.2, -0.15) is 0 Å². The molecular weight excluding hydrogens is 311 g/mol. The maximum atomic E-state index is 13.0. The molecule has 3 heteroatoms. The lowest BCUT2D eigenvalue weighted by atomic mass is 10.1. The van der Waals surface area contributed by atoms with Crippen LogP contribution in [0.15, 0.2) is 45.8 Å². The smallest absolute Gasteiger partial charge is 0.124 e. The summed E-state index contributed by atoms with van der Waals surface area (Å²) in [5.41, 5.74) is 3.72. The van der Waals surface area contributed by atoms with Crippen LogP contribution in [0.3, 0.4) is 0 Å². The Labute approximate surface area is 120 Å². The van der Waals surface area contributed by atoms with Crippen LogP contribution in [0, 0.1) is 19.7 Å². The highest BCUT2D eigenvalue weighted by Crippen LogP contribution is 2.28. The Morgan fingerprint density at radius 2 is 1.83 bits per heavy atom. The van der Waals surface area contributed by atoms with Crippen molar-refractivity contribution in [1.29, 1.82) is 0 Å². The van der Waals surface area contributed by atoms with Crippen molar-refractivity contribution >= 4 is 27.7 Å². The third kappa shape index (κ3) is 3.36. The zero-order chi connectivity index (χ0) is 13.1. The van der Waals surface area contributed by atoms with Gasteiger partial charge in [0, 0.05) is 15.1 Å². The molecule has 0 aliphatic heterocycles. The molecule has 2 rings (SSSR count). The van der Waals surface area contributed by atoms with Crippen molar-refractivity contribution in [2.24, 2.45) is 0 Å². The molecule has 0 unspecified atom stereocenters. The molecule has 2 aromatic rings. The summed E-state index contributed by atoms with van der Waals surface area (Å²) in [4.78, 5) is 1.24. The van der Waals surface area contributed by atoms with E-state index < -0.39 is 0 Å². The molecule has 0 nitrogen and oxygen atoms in total. The molecule has 0 aliphatic rings. The fourth-order valence-corrected chi connectivity index (χ4v) is 3.28. The number of aryl methyl sites for hydroxylation is 2. The lowest BCUT2D eigenvalue weighted by Gasteiger charge is -2.07. The van der Waals surface area contributed by atoms with Crippen LogP contribution in [-0.2, 0) is 5.75 Å². The quantitative estimate of drug-likeness (QED) is 0.672. The standard InChI is InChI=1S/C15H14BrFS/c1-10-3-6-14(7-11(10)2)18-9-12-4-5-13(17)8-15(12)16/h3-8H,9H2,1-2H3. The summed E-state index contributed by atoms with van der Waals surface area (Å²) in [7, 11) is 0. The number of hydrogen-bond acceptors (Lipinski definition) is 1. The van der Waals surface area contributed by atoms with Gasteiger partial charge < -0.3 is 0 Å². The summed E-state index contributed by atoms with van der Waals surface area (Å²) < 4.78 is 13.8. The largest absolute Gasteiger partial charge is 0.207 e. The maximum absolute atomic E-state index is 13.0. The Hall–Kier alpha value is -0.800. The second-order valence-corrected chi connectivity index (χ2v) is 6.17. The summed E-state index contributed by atoms with van der Waals surface area (Å²) in [6.07, 6.45) is 0. The van der Waals surface area contributed by atoms with Crippen molar-refractivity contribution in [2.75, 3.05) is 0 Å². The molecule has 94 valence electrons. The van der Waals surface area contributed by atoms with Crippen LogP contribution in [0.2, 0.25) is 0 Å². The minimum atomic E-state index is -0.207. The van der Waals surface area contributed by atoms with E-state index in [-0.39, 0.29) is 5.82 Å². The zero-order valence-electron chi connectivity index (χ0n) is 10.3. The number of rotatable bonds is 3. The minimum Gasteiger partial charge on any atom is -0.207 e. The van der Waals surface area contributed by atoms with E-state index in [0.717, 1.165) is 15.8 Å². The summed E-state index contributed by atoms with van der Waals surface area (Å²) in [5.74, 6) is 0.630. The van der Waals surface area contributed by atoms with E-state index in [0.29, 0.717) is 0 Å². The van der Waals surface area contributed by atoms with E-state index >= 15 is 0 Å². The summed E-state index contributed by atoms with van der Waals surface area (Å²) in [6.45, 7) is 4.23. The number of halogens is 2. The summed E-state index contributed by atoms with van der Waals surface area (Å²) >= 11 is 5.16. The van der Waals surface area contributed by atoms with Crippen molar-refractivity contribution in [1.82, 2.24) is 0 Å². The fourth-order valence-electron chi connectivity index (χ4n) is 1.60. The zero-order valence-corrected chi connectivity index (χ0v) is 12.7. The molecule has 18 heavy (non-hydrogen) atoms. The van der Waals surface area contributed by atoms with Crippen LogP contribution in [0.1, 0.15) is 16.7 Å². The van der Waals surface area contributed by atoms with Gasteiger partial charge in [0.05, 0.1) is 0 Å². The van der Waals surface area contributed by atoms with Crippen molar-refractivity contribution in [3.8, 4) is 0 Å². The van der Waals surface area contributed by atoms with Gasteiger partial charge in [-0.05, 0) is 54.8 Å². The monoisotopic (exact) mass is 324 g/mol. The normalized spacial score (nSPS) is 10.7. The molecule has 0 atom stereocenters. The van der Waals surface area contributed by atoms with Gasteiger partial charge in [0.15, 0.2) is 0 Å². The minimum absolute atomic E-state index is 0.207. The van der Waals surface area contributed by atoms with Gasteiger partial charge in [-0.1, -0.05) is 28.1 Å². The molecule has 0 radical (unpaired) electrons. The second kappa shape index (κ2) is 5.89. The Bertz CT molecular complexity index is 566. The van der Waals surface area contributed by atoms with E-state index in [1.807, 2.05) is 6.07 Å². The molecule has 0 aliphatic carbocycles. The van der Waals surface area contributed by atoms with Gasteiger partial charge in [-0.15, -0.1) is 11.8 Å². The van der Waals surface area contributed by atoms with Crippen LogP contribution in [0.25, 0.3) is 0 Å². The van der Waals surface area contributed by atoms with Crippen LogP contribution < -0.4 is 0 Å². The molecule has 0 heterocycles. The number of benzene rings is 2. The fraction of sp³-hybridized carbons (Fsp3) is 0.200. The van der Waals surface area contributed by atoms with Crippen molar-refractivity contribution < 1.29 is 4.39 Å². The van der Waals surface area contributed by atoms with Gasteiger partial charge >= 0.3 is 0 Å². The predicted molar refractivity (Wildman–Crippen MR) is 79.6 cm³/mol. The predicted octanol–water partition coefficient (Wildman–Crippen LogP) is 5.50. The lowest BCUT2D eigenvalue weighted by Crippen LogP contribution is -1.86. The van der Waals surface area contributed by atoms with Gasteiger partial charge in [0.25, 0.3) is 0 Å². The van der Waals surface area contributed by atoms with E-state index in [9.17, 15) is 4.39 Å². The molecule has 0 amide bonds. The van der Waals surface area contributed by atoms with Crippen molar-refractivity contribution in [3.63, 3.8) is 0 Å². The maximum Gasteiger partial charge on any atom is 0.124 e. The first kappa shape index (κ1) is 13.6. The Balaban J connectivity index is 2.09. The topological polar surface area (TPSA) is 0 Å². The van der Waals surface area contributed by atoms with Crippen molar-refractivity contribution in [3.05, 3.63) is 63.4 Å². The molecule has 0 saturated carbocycles. The lowest BCUT2D eigenvalue weighted by molar-refractivity contribution is 0.626. The number of thioether (sulfide) groups is 1. The molecule has 0 saturated heterocycles. The molecule has 0 bridgehead atoms. The van der Waals surface area contributed by atoms with Crippen LogP contribution >= 0.6 is 27.7 Å². The molecule has 0 fully saturated rings. The van der Waals surface area contributed by atoms with E-state index in [1.54, 1.807) is 11.8 Å². The second-order valence-electron chi connectivity index (χ2n) is 4.27. The molecule has 0 aromatic heterocycles. The van der Waals surface area contributed by atoms with Crippen molar-refractivity contribution in [2.45, 2.75) is 24.5 Å². The highest BCUT2D eigenvalue weighted by atomic mass is 79.9. The Morgan fingerprint density at radius 1 is 1.06 bits per heavy atom. The third-order valence-electron chi connectivity index (χ3n) is 2.89. The van der Waals surface area contributed by atoms with Crippen LogP contribution in [-0.4, -0.2) is 0 Å². The molecular formula is C15H14BrFS. The van der Waals surface area contributed by atoms with E-state index in [1.165, 1.54) is 28.2 Å². The molecule has 0 N–H and O–H groups in total. The van der Waals surface area contributed by atoms with Gasteiger partial charge in [0.2, 0.25) is 0 Å². The summed E-state index contributed by atoms with van der Waals surface area (Å²) in [6, 6.07) is 11.3. The van der Waals surface area contributed by atoms with Crippen LogP contribution in [0.5, 0.6) is 0 Å². The average Bonchev–Trinajstić information content (AvgIpc) is 2.32. The third-order valence-corrected chi connectivity index (χ3v) is 4.67. The van der Waals surface area contributed by atoms with Gasteiger partial charge in [-0.25, -0.2) is 4.39 Å². The highest BCUT2D eigenvalue weighted by Gasteiger charge is 2.03. The Kier molecular flexibility index (Phi) is 4.46. The molecule has 0 spiro atoms. The molecule has 2 aromatic carbocycles. The first-order valence-electron chi connectivity index (χ1n) is 5.70. The first-order valence-corrected chi connectivity index (χ1v) is 7.48. The van der Waals surface area contributed by atoms with E-state index in [4.69, 9.17) is 0 Å². The van der Waals surface area contributed by atoms with E-state index in [2.05, 4.69) is 48.0 Å². The highest BCUT2D eigenvalue weighted by molar-refractivity contribution is 9.10. The SMILES string of the molecule is Cc1ccc(SCc2ccc(F)cc2Br)cc1C. The first-order chi connectivity index (χ1) is 8.56. The number of hydrogen-bond donors (Lipinski definition) is 0. The van der Waals surface area contributed by atoms with Crippen LogP contribution in [0.4, 0.5) is 4.39 Å².